The third kappa shape index (κ3) is 2.14. The summed E-state index contributed by atoms with van der Waals surface area (Å²) in [7, 11) is 0. The van der Waals surface area contributed by atoms with Gasteiger partial charge in [0.2, 0.25) is 0 Å². The van der Waals surface area contributed by atoms with Crippen LogP contribution < -0.4 is 0 Å². The van der Waals surface area contributed by atoms with Gasteiger partial charge >= 0.3 is 0 Å². The average Bonchev–Trinajstić information content (AvgIpc) is 3.06. The summed E-state index contributed by atoms with van der Waals surface area (Å²) < 4.78 is 0. The van der Waals surface area contributed by atoms with Crippen LogP contribution in [0.3, 0.4) is 0 Å². The van der Waals surface area contributed by atoms with Gasteiger partial charge in [0, 0.05) is 0 Å². The fourth-order valence-electron chi connectivity index (χ4n) is 4.33. The normalized spacial score (nSPS) is 12.8. The minimum Gasteiger partial charge on any atom is -0.0905 e. The quantitative estimate of drug-likeness (QED) is 0.397. The predicted octanol–water partition coefficient (Wildman–Crippen LogP) is 6.46. The second-order valence-corrected chi connectivity index (χ2v) is 7.10. The van der Waals surface area contributed by atoms with Crippen LogP contribution in [0.25, 0.3) is 27.1 Å². The molecule has 0 amide bonds. The molecule has 4 aromatic rings. The van der Waals surface area contributed by atoms with Crippen molar-refractivity contribution in [1.29, 1.82) is 0 Å². The molecule has 0 aliphatic heterocycles. The number of hydrogen-bond donors (Lipinski definition) is 0. The highest BCUT2D eigenvalue weighted by molar-refractivity contribution is 6.02. The smallest absolute Gasteiger partial charge is 0.00999 e. The first-order chi connectivity index (χ1) is 12.2. The minimum atomic E-state index is 1.12. The van der Waals surface area contributed by atoms with Crippen LogP contribution in [0.4, 0.5) is 0 Å². The Bertz CT molecular complexity index is 1150. The van der Waals surface area contributed by atoms with Crippen LogP contribution in [0.2, 0.25) is 0 Å². The van der Waals surface area contributed by atoms with Crippen molar-refractivity contribution in [3.05, 3.63) is 101 Å². The zero-order valence-electron chi connectivity index (χ0n) is 14.5. The highest BCUT2D eigenvalue weighted by atomic mass is 14.2. The van der Waals surface area contributed by atoms with E-state index >= 15 is 0 Å². The molecule has 0 heteroatoms. The summed E-state index contributed by atoms with van der Waals surface area (Å²) in [4.78, 5) is 0. The van der Waals surface area contributed by atoms with Crippen molar-refractivity contribution in [1.82, 2.24) is 0 Å². The molecule has 0 fully saturated rings. The van der Waals surface area contributed by atoms with Crippen LogP contribution in [0.1, 0.15) is 27.8 Å². The lowest BCUT2D eigenvalue weighted by Gasteiger charge is -2.15. The molecule has 120 valence electrons. The Balaban J connectivity index is 1.74. The van der Waals surface area contributed by atoms with Gasteiger partial charge in [-0.3, -0.25) is 0 Å². The SMILES string of the molecule is C=C(c1cc2ccccc2cc1C)c1ccc2c3c(cccc13)CC2. The maximum atomic E-state index is 4.49. The van der Waals surface area contributed by atoms with Gasteiger partial charge in [0.15, 0.2) is 0 Å². The molecular formula is C25H20. The van der Waals surface area contributed by atoms with Crippen molar-refractivity contribution in [3.8, 4) is 0 Å². The van der Waals surface area contributed by atoms with Crippen LogP contribution in [0, 0.1) is 6.92 Å². The summed E-state index contributed by atoms with van der Waals surface area (Å²) in [6.45, 7) is 6.68. The highest BCUT2D eigenvalue weighted by Crippen LogP contribution is 2.37. The van der Waals surface area contributed by atoms with Crippen molar-refractivity contribution in [2.75, 3.05) is 0 Å². The van der Waals surface area contributed by atoms with Gasteiger partial charge in [-0.1, -0.05) is 67.2 Å². The first kappa shape index (κ1) is 14.5. The molecule has 0 spiro atoms. The Morgan fingerprint density at radius 3 is 2.28 bits per heavy atom. The first-order valence-corrected chi connectivity index (χ1v) is 8.95. The molecule has 0 saturated heterocycles. The van der Waals surface area contributed by atoms with E-state index in [1.165, 1.54) is 49.4 Å². The Kier molecular flexibility index (Phi) is 3.08. The Morgan fingerprint density at radius 1 is 0.760 bits per heavy atom. The molecule has 5 rings (SSSR count). The third-order valence-corrected chi connectivity index (χ3v) is 5.62. The maximum absolute atomic E-state index is 4.49. The summed E-state index contributed by atoms with van der Waals surface area (Å²) in [5.41, 5.74) is 7.89. The van der Waals surface area contributed by atoms with Gasteiger partial charge in [0.05, 0.1) is 0 Å². The van der Waals surface area contributed by atoms with Crippen LogP contribution in [0.5, 0.6) is 0 Å². The molecule has 0 saturated carbocycles. The zero-order chi connectivity index (χ0) is 17.0. The Hall–Kier alpha value is -2.86. The third-order valence-electron chi connectivity index (χ3n) is 5.62. The van der Waals surface area contributed by atoms with Crippen LogP contribution >= 0.6 is 0 Å². The standard InChI is InChI=1S/C25H20/c1-16-14-20-6-3-4-7-21(20)15-24(16)17(2)22-13-12-19-11-10-18-8-5-9-23(22)25(18)19/h3-9,12-15H,2,10-11H2,1H3. The van der Waals surface area contributed by atoms with Gasteiger partial charge in [-0.2, -0.15) is 0 Å². The summed E-state index contributed by atoms with van der Waals surface area (Å²) in [5, 5.41) is 5.37. The predicted molar refractivity (Wildman–Crippen MR) is 108 cm³/mol. The van der Waals surface area contributed by atoms with Crippen molar-refractivity contribution in [2.45, 2.75) is 19.8 Å². The van der Waals surface area contributed by atoms with Crippen molar-refractivity contribution >= 4 is 27.1 Å². The molecule has 1 aliphatic carbocycles. The first-order valence-electron chi connectivity index (χ1n) is 8.95. The summed E-state index contributed by atoms with van der Waals surface area (Å²) >= 11 is 0. The van der Waals surface area contributed by atoms with Crippen molar-refractivity contribution in [2.24, 2.45) is 0 Å². The fraction of sp³-hybridized carbons (Fsp3) is 0.120. The Morgan fingerprint density at radius 2 is 1.48 bits per heavy atom. The lowest BCUT2D eigenvalue weighted by atomic mass is 9.89. The number of fused-ring (bicyclic) bond motifs is 1. The fourth-order valence-corrected chi connectivity index (χ4v) is 4.33. The van der Waals surface area contributed by atoms with E-state index in [-0.39, 0.29) is 0 Å². The van der Waals surface area contributed by atoms with Gasteiger partial charge < -0.3 is 0 Å². The molecule has 25 heavy (non-hydrogen) atoms. The Labute approximate surface area is 148 Å². The number of aryl methyl sites for hydroxylation is 3. The second-order valence-electron chi connectivity index (χ2n) is 7.10. The summed E-state index contributed by atoms with van der Waals surface area (Å²) in [5.74, 6) is 0. The lowest BCUT2D eigenvalue weighted by molar-refractivity contribution is 1.02. The average molecular weight is 320 g/mol. The van der Waals surface area contributed by atoms with Gasteiger partial charge in [0.1, 0.15) is 0 Å². The molecule has 0 unspecified atom stereocenters. The van der Waals surface area contributed by atoms with E-state index in [4.69, 9.17) is 0 Å². The number of benzene rings is 4. The summed E-state index contributed by atoms with van der Waals surface area (Å²) in [6.07, 6.45) is 2.33. The highest BCUT2D eigenvalue weighted by Gasteiger charge is 2.17. The van der Waals surface area contributed by atoms with Gasteiger partial charge in [-0.15, -0.1) is 0 Å². The zero-order valence-corrected chi connectivity index (χ0v) is 14.5. The molecule has 0 bridgehead atoms. The van der Waals surface area contributed by atoms with Crippen molar-refractivity contribution in [3.63, 3.8) is 0 Å². The van der Waals surface area contributed by atoms with Crippen LogP contribution in [0.15, 0.2) is 73.3 Å². The largest absolute Gasteiger partial charge is 0.0905 e. The summed E-state index contributed by atoms with van der Waals surface area (Å²) in [6, 6.07) is 24.4. The van der Waals surface area contributed by atoms with E-state index in [0.29, 0.717) is 0 Å². The lowest BCUT2D eigenvalue weighted by Crippen LogP contribution is -1.93. The molecule has 0 heterocycles. The minimum absolute atomic E-state index is 1.12. The van der Waals surface area contributed by atoms with E-state index in [1.807, 2.05) is 0 Å². The van der Waals surface area contributed by atoms with Gasteiger partial charge in [0.25, 0.3) is 0 Å². The van der Waals surface area contributed by atoms with E-state index < -0.39 is 0 Å². The van der Waals surface area contributed by atoms with Crippen LogP contribution in [-0.4, -0.2) is 0 Å². The molecule has 0 radical (unpaired) electrons. The van der Waals surface area contributed by atoms with Gasteiger partial charge in [-0.25, -0.2) is 0 Å². The van der Waals surface area contributed by atoms with E-state index in [0.717, 1.165) is 18.4 Å². The molecule has 0 N–H and O–H groups in total. The van der Waals surface area contributed by atoms with Gasteiger partial charge in [-0.05, 0) is 80.8 Å². The van der Waals surface area contributed by atoms with Crippen LogP contribution in [-0.2, 0) is 12.8 Å². The molecule has 1 aliphatic rings. The molecule has 0 aromatic heterocycles. The van der Waals surface area contributed by atoms with E-state index in [9.17, 15) is 0 Å². The second kappa shape index (κ2) is 5.32. The maximum Gasteiger partial charge on any atom is -0.00999 e. The topological polar surface area (TPSA) is 0 Å². The number of hydrogen-bond acceptors (Lipinski definition) is 0. The molecule has 0 nitrogen and oxygen atoms in total. The monoisotopic (exact) mass is 320 g/mol. The molecular weight excluding hydrogens is 300 g/mol. The molecule has 4 aromatic carbocycles. The molecule has 0 atom stereocenters. The van der Waals surface area contributed by atoms with Crippen molar-refractivity contribution < 1.29 is 0 Å². The van der Waals surface area contributed by atoms with E-state index in [1.54, 1.807) is 0 Å². The number of rotatable bonds is 2. The van der Waals surface area contributed by atoms with E-state index in [2.05, 4.69) is 80.2 Å².